The number of hydrogen-bond acceptors (Lipinski definition) is 3. The summed E-state index contributed by atoms with van der Waals surface area (Å²) in [6.07, 6.45) is 2.49. The summed E-state index contributed by atoms with van der Waals surface area (Å²) < 4.78 is 5.28. The second kappa shape index (κ2) is 9.86. The van der Waals surface area contributed by atoms with Crippen molar-refractivity contribution in [3.63, 3.8) is 0 Å². The zero-order chi connectivity index (χ0) is 13.3. The van der Waals surface area contributed by atoms with Crippen LogP contribution in [0.5, 0.6) is 0 Å². The Bertz CT molecular complexity index is 174. The molecule has 0 aliphatic rings. The molecule has 0 aliphatic carbocycles. The molecule has 3 heteroatoms. The molecule has 1 N–H and O–H groups in total. The van der Waals surface area contributed by atoms with Gasteiger partial charge in [0.1, 0.15) is 0 Å². The van der Waals surface area contributed by atoms with E-state index in [-0.39, 0.29) is 0 Å². The third-order valence-corrected chi connectivity index (χ3v) is 3.19. The van der Waals surface area contributed by atoms with E-state index < -0.39 is 0 Å². The van der Waals surface area contributed by atoms with Crippen molar-refractivity contribution < 1.29 is 4.74 Å². The topological polar surface area (TPSA) is 24.5 Å². The number of hydrogen-bond donors (Lipinski definition) is 1. The largest absolute Gasteiger partial charge is 0.383 e. The summed E-state index contributed by atoms with van der Waals surface area (Å²) in [5.74, 6) is 0. The average molecular weight is 244 g/mol. The number of nitrogens with one attached hydrogen (secondary N) is 1. The molecule has 0 radical (unpaired) electrons. The SMILES string of the molecule is CCCC(CNC(C)C)N(CC)C(C)COC. The van der Waals surface area contributed by atoms with Crippen LogP contribution < -0.4 is 5.32 Å². The van der Waals surface area contributed by atoms with Gasteiger partial charge in [-0.05, 0) is 19.9 Å². The fraction of sp³-hybridized carbons (Fsp3) is 1.00. The predicted molar refractivity (Wildman–Crippen MR) is 75.6 cm³/mol. The molecule has 2 atom stereocenters. The van der Waals surface area contributed by atoms with Crippen LogP contribution in [0.2, 0.25) is 0 Å². The zero-order valence-electron chi connectivity index (χ0n) is 12.6. The summed E-state index contributed by atoms with van der Waals surface area (Å²) in [7, 11) is 1.78. The van der Waals surface area contributed by atoms with Gasteiger partial charge in [0.2, 0.25) is 0 Å². The molecule has 0 fully saturated rings. The van der Waals surface area contributed by atoms with Crippen LogP contribution in [0.4, 0.5) is 0 Å². The minimum Gasteiger partial charge on any atom is -0.383 e. The second-order valence-corrected chi connectivity index (χ2v) is 5.14. The van der Waals surface area contributed by atoms with Crippen molar-refractivity contribution >= 4 is 0 Å². The molecule has 0 aromatic carbocycles. The second-order valence-electron chi connectivity index (χ2n) is 5.14. The molecule has 3 nitrogen and oxygen atoms in total. The molecule has 0 amide bonds. The monoisotopic (exact) mass is 244 g/mol. The van der Waals surface area contributed by atoms with Gasteiger partial charge in [-0.15, -0.1) is 0 Å². The number of ether oxygens (including phenoxy) is 1. The number of methoxy groups -OCH3 is 1. The lowest BCUT2D eigenvalue weighted by Gasteiger charge is -2.36. The minimum atomic E-state index is 0.496. The normalized spacial score (nSPS) is 15.5. The third kappa shape index (κ3) is 7.02. The minimum absolute atomic E-state index is 0.496. The average Bonchev–Trinajstić information content (AvgIpc) is 2.27. The molecule has 104 valence electrons. The van der Waals surface area contributed by atoms with Crippen molar-refractivity contribution in [1.82, 2.24) is 10.2 Å². The Morgan fingerprint density at radius 1 is 1.18 bits per heavy atom. The Kier molecular flexibility index (Phi) is 9.79. The lowest BCUT2D eigenvalue weighted by Crippen LogP contribution is -2.49. The van der Waals surface area contributed by atoms with Gasteiger partial charge in [0.15, 0.2) is 0 Å². The van der Waals surface area contributed by atoms with E-state index in [1.807, 2.05) is 0 Å². The molecule has 0 saturated heterocycles. The maximum atomic E-state index is 5.28. The molecule has 0 heterocycles. The number of rotatable bonds is 10. The van der Waals surface area contributed by atoms with Gasteiger partial charge in [-0.3, -0.25) is 4.90 Å². The Morgan fingerprint density at radius 2 is 1.82 bits per heavy atom. The molecule has 0 rings (SSSR count). The van der Waals surface area contributed by atoms with E-state index in [0.717, 1.165) is 19.7 Å². The first-order chi connectivity index (χ1) is 8.06. The molecular weight excluding hydrogens is 212 g/mol. The van der Waals surface area contributed by atoms with Crippen LogP contribution in [-0.4, -0.2) is 49.8 Å². The fourth-order valence-electron chi connectivity index (χ4n) is 2.36. The molecule has 0 bridgehead atoms. The smallest absolute Gasteiger partial charge is 0.0615 e. The fourth-order valence-corrected chi connectivity index (χ4v) is 2.36. The van der Waals surface area contributed by atoms with Gasteiger partial charge in [0.25, 0.3) is 0 Å². The summed E-state index contributed by atoms with van der Waals surface area (Å²) in [5, 5.41) is 3.56. The lowest BCUT2D eigenvalue weighted by atomic mass is 10.1. The predicted octanol–water partition coefficient (Wildman–Crippen LogP) is 2.51. The highest BCUT2D eigenvalue weighted by atomic mass is 16.5. The highest BCUT2D eigenvalue weighted by molar-refractivity contribution is 4.78. The standard InChI is InChI=1S/C14H32N2O/c1-7-9-14(10-15-12(3)4)16(8-2)13(5)11-17-6/h12-15H,7-11H2,1-6H3. The van der Waals surface area contributed by atoms with Crippen molar-refractivity contribution in [3.8, 4) is 0 Å². The Labute approximate surface area is 108 Å². The molecule has 0 aliphatic heterocycles. The molecule has 0 spiro atoms. The Balaban J connectivity index is 4.38. The van der Waals surface area contributed by atoms with Crippen molar-refractivity contribution in [2.24, 2.45) is 0 Å². The third-order valence-electron chi connectivity index (χ3n) is 3.19. The summed E-state index contributed by atoms with van der Waals surface area (Å²) in [5.41, 5.74) is 0. The molecule has 0 aromatic heterocycles. The van der Waals surface area contributed by atoms with E-state index in [1.54, 1.807) is 7.11 Å². The van der Waals surface area contributed by atoms with Crippen molar-refractivity contribution in [3.05, 3.63) is 0 Å². The molecule has 2 unspecified atom stereocenters. The molecule has 0 aromatic rings. The molecule has 17 heavy (non-hydrogen) atoms. The van der Waals surface area contributed by atoms with Crippen LogP contribution in [0.3, 0.4) is 0 Å². The summed E-state index contributed by atoms with van der Waals surface area (Å²) in [6, 6.07) is 1.68. The summed E-state index contributed by atoms with van der Waals surface area (Å²) in [6.45, 7) is 14.2. The maximum absolute atomic E-state index is 5.28. The van der Waals surface area contributed by atoms with Crippen LogP contribution in [-0.2, 0) is 4.74 Å². The quantitative estimate of drug-likeness (QED) is 0.639. The van der Waals surface area contributed by atoms with Gasteiger partial charge in [-0.2, -0.15) is 0 Å². The highest BCUT2D eigenvalue weighted by Crippen LogP contribution is 2.11. The summed E-state index contributed by atoms with van der Waals surface area (Å²) >= 11 is 0. The Morgan fingerprint density at radius 3 is 2.24 bits per heavy atom. The first kappa shape index (κ1) is 16.9. The maximum Gasteiger partial charge on any atom is 0.0615 e. The van der Waals surface area contributed by atoms with E-state index in [1.165, 1.54) is 12.8 Å². The van der Waals surface area contributed by atoms with Gasteiger partial charge >= 0.3 is 0 Å². The highest BCUT2D eigenvalue weighted by Gasteiger charge is 2.21. The van der Waals surface area contributed by atoms with Crippen LogP contribution >= 0.6 is 0 Å². The van der Waals surface area contributed by atoms with Gasteiger partial charge in [0, 0.05) is 31.8 Å². The van der Waals surface area contributed by atoms with Crippen LogP contribution in [0.15, 0.2) is 0 Å². The first-order valence-corrected chi connectivity index (χ1v) is 7.04. The zero-order valence-corrected chi connectivity index (χ0v) is 12.6. The molecule has 0 saturated carbocycles. The Hall–Kier alpha value is -0.120. The van der Waals surface area contributed by atoms with Gasteiger partial charge in [-0.25, -0.2) is 0 Å². The van der Waals surface area contributed by atoms with Gasteiger partial charge < -0.3 is 10.1 Å². The summed E-state index contributed by atoms with van der Waals surface area (Å²) in [4.78, 5) is 2.56. The van der Waals surface area contributed by atoms with Crippen molar-refractivity contribution in [2.75, 3.05) is 26.8 Å². The van der Waals surface area contributed by atoms with Crippen LogP contribution in [0.25, 0.3) is 0 Å². The van der Waals surface area contributed by atoms with E-state index in [9.17, 15) is 0 Å². The first-order valence-electron chi connectivity index (χ1n) is 7.04. The van der Waals surface area contributed by atoms with E-state index >= 15 is 0 Å². The van der Waals surface area contributed by atoms with E-state index in [0.29, 0.717) is 18.1 Å². The number of nitrogens with zero attached hydrogens (tertiary/aromatic N) is 1. The van der Waals surface area contributed by atoms with Crippen LogP contribution in [0, 0.1) is 0 Å². The van der Waals surface area contributed by atoms with E-state index in [2.05, 4.69) is 44.8 Å². The van der Waals surface area contributed by atoms with Crippen molar-refractivity contribution in [1.29, 1.82) is 0 Å². The molecular formula is C14H32N2O. The lowest BCUT2D eigenvalue weighted by molar-refractivity contribution is 0.0687. The number of likely N-dealkylation sites (N-methyl/N-ethyl adjacent to an activating group) is 1. The van der Waals surface area contributed by atoms with Gasteiger partial charge in [-0.1, -0.05) is 34.1 Å². The van der Waals surface area contributed by atoms with Crippen molar-refractivity contribution in [2.45, 2.75) is 65.6 Å². The van der Waals surface area contributed by atoms with Crippen LogP contribution in [0.1, 0.15) is 47.5 Å². The van der Waals surface area contributed by atoms with Gasteiger partial charge in [0.05, 0.1) is 6.61 Å². The van der Waals surface area contributed by atoms with E-state index in [4.69, 9.17) is 4.74 Å².